The van der Waals surface area contributed by atoms with E-state index in [2.05, 4.69) is 15.9 Å². The summed E-state index contributed by atoms with van der Waals surface area (Å²) in [6.45, 7) is 2.03. The SMILES string of the molecule is CCOc1cc([C@H]2C3=CC[C@@H]4C(=O)N(c5ccc(C=Cc6cc(OC)ccc6OC)cc5)C(=O)[C@@H]4[C@@H]3C[C@@]3(Cl)C(=O)N(CBr)C(=O)[C@@]23Cl)ccc1O. The molecule has 10 nitrogen and oxygen atoms in total. The van der Waals surface area contributed by atoms with Crippen molar-refractivity contribution in [3.05, 3.63) is 89.0 Å². The molecule has 1 saturated carbocycles. The van der Waals surface area contributed by atoms with Crippen LogP contribution in [0.1, 0.15) is 42.4 Å². The molecule has 4 aliphatic rings. The maximum Gasteiger partial charge on any atom is 0.254 e. The number of hydrogen-bond acceptors (Lipinski definition) is 8. The lowest BCUT2D eigenvalue weighted by molar-refractivity contribution is -0.138. The molecule has 4 amide bonds. The number of methoxy groups -OCH3 is 2. The summed E-state index contributed by atoms with van der Waals surface area (Å²) in [4.78, 5) is 54.8. The highest BCUT2D eigenvalue weighted by Crippen LogP contribution is 2.65. The number of rotatable bonds is 9. The van der Waals surface area contributed by atoms with Crippen molar-refractivity contribution in [3.63, 3.8) is 0 Å². The van der Waals surface area contributed by atoms with Crippen LogP contribution in [-0.2, 0) is 19.2 Å². The van der Waals surface area contributed by atoms with Gasteiger partial charge in [-0.1, -0.05) is 57.9 Å². The van der Waals surface area contributed by atoms with Crippen molar-refractivity contribution in [1.29, 1.82) is 0 Å². The van der Waals surface area contributed by atoms with Gasteiger partial charge in [0.05, 0.1) is 43.8 Å². The fraction of sp³-hybridized carbons (Fsp3) is 0.333. The Balaban J connectivity index is 1.24. The third-order valence-electron chi connectivity index (χ3n) is 10.7. The molecule has 6 atom stereocenters. The number of ether oxygens (including phenoxy) is 3. The van der Waals surface area contributed by atoms with Gasteiger partial charge >= 0.3 is 0 Å². The molecule has 2 aliphatic heterocycles. The summed E-state index contributed by atoms with van der Waals surface area (Å²) in [5, 5.41) is 10.5. The number of phenolic OH excluding ortho intramolecular Hbond substituents is 1. The number of anilines is 1. The second kappa shape index (κ2) is 13.6. The molecule has 13 heteroatoms. The maximum absolute atomic E-state index is 14.4. The maximum atomic E-state index is 14.4. The largest absolute Gasteiger partial charge is 0.504 e. The molecule has 0 aromatic heterocycles. The fourth-order valence-corrected chi connectivity index (χ4v) is 9.68. The molecular weight excluding hydrogens is 775 g/mol. The Morgan fingerprint density at radius 1 is 0.904 bits per heavy atom. The van der Waals surface area contributed by atoms with Gasteiger partial charge in [0.25, 0.3) is 11.8 Å². The van der Waals surface area contributed by atoms with Crippen molar-refractivity contribution < 1.29 is 38.5 Å². The van der Waals surface area contributed by atoms with E-state index in [0.717, 1.165) is 16.0 Å². The monoisotopic (exact) mass is 808 g/mol. The molecule has 52 heavy (non-hydrogen) atoms. The average molecular weight is 811 g/mol. The van der Waals surface area contributed by atoms with E-state index in [1.807, 2.05) is 48.6 Å². The molecule has 3 aromatic carbocycles. The van der Waals surface area contributed by atoms with Gasteiger partial charge in [-0.3, -0.25) is 29.0 Å². The number of allylic oxidation sites excluding steroid dienone is 2. The lowest BCUT2D eigenvalue weighted by atomic mass is 9.56. The number of imide groups is 2. The zero-order valence-corrected chi connectivity index (χ0v) is 31.6. The van der Waals surface area contributed by atoms with E-state index in [0.29, 0.717) is 28.3 Å². The van der Waals surface area contributed by atoms with E-state index in [9.17, 15) is 24.3 Å². The van der Waals surface area contributed by atoms with E-state index in [4.69, 9.17) is 37.4 Å². The van der Waals surface area contributed by atoms with Crippen LogP contribution >= 0.6 is 39.1 Å². The molecular formula is C39H35BrCl2N2O8. The van der Waals surface area contributed by atoms with Crippen LogP contribution < -0.4 is 19.1 Å². The summed E-state index contributed by atoms with van der Waals surface area (Å²) in [7, 11) is 3.18. The molecule has 0 unspecified atom stereocenters. The molecule has 7 rings (SSSR count). The van der Waals surface area contributed by atoms with Crippen LogP contribution in [0.4, 0.5) is 5.69 Å². The number of carbonyl (C=O) groups is 4. The number of benzene rings is 3. The minimum atomic E-state index is -1.96. The van der Waals surface area contributed by atoms with E-state index < -0.39 is 51.1 Å². The van der Waals surface area contributed by atoms with Gasteiger partial charge in [0.15, 0.2) is 21.2 Å². The molecule has 3 fully saturated rings. The highest BCUT2D eigenvalue weighted by molar-refractivity contribution is 9.09. The smallest absolute Gasteiger partial charge is 0.254 e. The predicted molar refractivity (Wildman–Crippen MR) is 200 cm³/mol. The lowest BCUT2D eigenvalue weighted by Crippen LogP contribution is -2.60. The summed E-state index contributed by atoms with van der Waals surface area (Å²) in [6, 6.07) is 17.2. The van der Waals surface area contributed by atoms with Crippen molar-refractivity contribution >= 4 is 80.6 Å². The van der Waals surface area contributed by atoms with Crippen LogP contribution in [0.5, 0.6) is 23.0 Å². The van der Waals surface area contributed by atoms with Crippen molar-refractivity contribution in [2.45, 2.75) is 35.4 Å². The summed E-state index contributed by atoms with van der Waals surface area (Å²) >= 11 is 17.9. The van der Waals surface area contributed by atoms with Crippen LogP contribution in [0.2, 0.25) is 0 Å². The number of aromatic hydroxyl groups is 1. The lowest BCUT2D eigenvalue weighted by Gasteiger charge is -2.50. The Morgan fingerprint density at radius 3 is 2.33 bits per heavy atom. The Bertz CT molecular complexity index is 2050. The van der Waals surface area contributed by atoms with Crippen LogP contribution in [-0.4, -0.2) is 69.7 Å². The molecule has 0 spiro atoms. The quantitative estimate of drug-likeness (QED) is 0.0816. The van der Waals surface area contributed by atoms with Crippen molar-refractivity contribution in [1.82, 2.24) is 4.90 Å². The van der Waals surface area contributed by atoms with E-state index >= 15 is 0 Å². The number of alkyl halides is 3. The van der Waals surface area contributed by atoms with E-state index in [1.54, 1.807) is 45.4 Å². The fourth-order valence-electron chi connectivity index (χ4n) is 8.25. The van der Waals surface area contributed by atoms with Gasteiger partial charge in [0, 0.05) is 11.5 Å². The summed E-state index contributed by atoms with van der Waals surface area (Å²) < 4.78 is 16.5. The molecule has 2 heterocycles. The van der Waals surface area contributed by atoms with Crippen LogP contribution in [0, 0.1) is 17.8 Å². The predicted octanol–water partition coefficient (Wildman–Crippen LogP) is 6.89. The third kappa shape index (κ3) is 5.34. The Morgan fingerprint density at radius 2 is 1.65 bits per heavy atom. The second-order valence-electron chi connectivity index (χ2n) is 13.2. The average Bonchev–Trinajstić information content (AvgIpc) is 3.49. The number of likely N-dealkylation sites (tertiary alicyclic amines) is 1. The summed E-state index contributed by atoms with van der Waals surface area (Å²) in [5.41, 5.74) is 3.06. The molecule has 0 bridgehead atoms. The van der Waals surface area contributed by atoms with Crippen LogP contribution in [0.15, 0.2) is 72.3 Å². The number of fused-ring (bicyclic) bond motifs is 4. The van der Waals surface area contributed by atoms with Crippen LogP contribution in [0.25, 0.3) is 12.2 Å². The highest BCUT2D eigenvalue weighted by atomic mass is 79.9. The van der Waals surface area contributed by atoms with Crippen LogP contribution in [0.3, 0.4) is 0 Å². The number of phenols is 1. The van der Waals surface area contributed by atoms with Crippen molar-refractivity contribution in [3.8, 4) is 23.0 Å². The third-order valence-corrected chi connectivity index (χ3v) is 12.6. The minimum absolute atomic E-state index is 0.110. The first-order valence-electron chi connectivity index (χ1n) is 16.8. The Labute approximate surface area is 319 Å². The van der Waals surface area contributed by atoms with Gasteiger partial charge in [-0.2, -0.15) is 0 Å². The van der Waals surface area contributed by atoms with Gasteiger partial charge in [-0.05, 0) is 79.3 Å². The topological polar surface area (TPSA) is 123 Å². The molecule has 3 aromatic rings. The number of hydrogen-bond donors (Lipinski definition) is 1. The van der Waals surface area contributed by atoms with Gasteiger partial charge in [-0.25, -0.2) is 0 Å². The highest BCUT2D eigenvalue weighted by Gasteiger charge is 2.76. The molecule has 2 aliphatic carbocycles. The first kappa shape index (κ1) is 36.1. The molecule has 270 valence electrons. The molecule has 1 N–H and O–H groups in total. The van der Waals surface area contributed by atoms with Gasteiger partial charge in [0.1, 0.15) is 11.5 Å². The molecule has 0 radical (unpaired) electrons. The minimum Gasteiger partial charge on any atom is -0.504 e. The zero-order chi connectivity index (χ0) is 37.1. The first-order valence-corrected chi connectivity index (χ1v) is 18.6. The van der Waals surface area contributed by atoms with Gasteiger partial charge in [0.2, 0.25) is 11.8 Å². The van der Waals surface area contributed by atoms with Crippen molar-refractivity contribution in [2.24, 2.45) is 17.8 Å². The zero-order valence-electron chi connectivity index (χ0n) is 28.5. The number of halogens is 3. The van der Waals surface area contributed by atoms with Gasteiger partial charge in [-0.15, -0.1) is 23.2 Å². The van der Waals surface area contributed by atoms with Gasteiger partial charge < -0.3 is 19.3 Å². The standard InChI is InChI=1S/C39H35BrCl2N2O8/c1-4-52-31-18-23(9-15-29(31)45)33-26-13-14-27-32(28(26)19-38(41)36(48)43(20-40)37(49)39(33,38)42)35(47)44(34(27)46)24-10-6-21(7-11-24)5-8-22-17-25(50-2)12-16-30(22)51-3/h5-13,15-18,27-28,32-33,45H,4,14,19-20H2,1-3H3/t27-,28+,32-,33-,38+,39-/m0/s1. The normalized spacial score (nSPS) is 28.2. The Kier molecular flexibility index (Phi) is 9.42. The first-order chi connectivity index (χ1) is 24.9. The number of amides is 4. The molecule has 2 saturated heterocycles. The second-order valence-corrected chi connectivity index (χ2v) is 14.9. The van der Waals surface area contributed by atoms with E-state index in [1.165, 1.54) is 11.0 Å². The van der Waals surface area contributed by atoms with E-state index in [-0.39, 0.29) is 42.3 Å². The summed E-state index contributed by atoms with van der Waals surface area (Å²) in [5.74, 6) is -3.90. The Hall–Kier alpha value is -4.32. The summed E-state index contributed by atoms with van der Waals surface area (Å²) in [6.07, 6.45) is 5.74. The number of carbonyl (C=O) groups excluding carboxylic acids is 4. The van der Waals surface area contributed by atoms with Crippen molar-refractivity contribution in [2.75, 3.05) is 31.2 Å². The number of nitrogens with zero attached hydrogens (tertiary/aromatic N) is 2.